The molecule has 2 rings (SSSR count). The lowest BCUT2D eigenvalue weighted by atomic mass is 9.82. The average molecular weight is 377 g/mol. The van der Waals surface area contributed by atoms with E-state index in [-0.39, 0.29) is 42.8 Å². The molecule has 0 spiro atoms. The van der Waals surface area contributed by atoms with E-state index < -0.39 is 5.97 Å². The number of nitrogens with two attached hydrogens (primary N) is 1. The Kier molecular flexibility index (Phi) is 10.4. The van der Waals surface area contributed by atoms with Crippen LogP contribution < -0.4 is 11.1 Å². The SMILES string of the molecule is Cl.NCCOC1CCC(C(=O)N[C@H]2CC[C@H](CCC(=O)O)CC2)CC1. The Labute approximate surface area is 156 Å². The van der Waals surface area contributed by atoms with Crippen LogP contribution in [0.15, 0.2) is 0 Å². The number of aliphatic carboxylic acids is 1. The number of hydrogen-bond acceptors (Lipinski definition) is 4. The number of carbonyl (C=O) groups excluding carboxylic acids is 1. The van der Waals surface area contributed by atoms with E-state index in [1.165, 1.54) is 0 Å². The highest BCUT2D eigenvalue weighted by atomic mass is 35.5. The quantitative estimate of drug-likeness (QED) is 0.604. The lowest BCUT2D eigenvalue weighted by Crippen LogP contribution is -2.42. The highest BCUT2D eigenvalue weighted by molar-refractivity contribution is 5.85. The van der Waals surface area contributed by atoms with Crippen molar-refractivity contribution in [3.8, 4) is 0 Å². The van der Waals surface area contributed by atoms with Crippen LogP contribution in [-0.4, -0.2) is 42.3 Å². The molecule has 1 amide bonds. The molecule has 2 saturated carbocycles. The number of carboxylic acids is 1. The van der Waals surface area contributed by atoms with Crippen molar-refractivity contribution in [2.75, 3.05) is 13.2 Å². The van der Waals surface area contributed by atoms with Crippen LogP contribution in [0, 0.1) is 11.8 Å². The molecule has 0 unspecified atom stereocenters. The van der Waals surface area contributed by atoms with Crippen molar-refractivity contribution in [3.05, 3.63) is 0 Å². The summed E-state index contributed by atoms with van der Waals surface area (Å²) in [6.45, 7) is 1.15. The monoisotopic (exact) mass is 376 g/mol. The molecule has 0 atom stereocenters. The van der Waals surface area contributed by atoms with E-state index in [4.69, 9.17) is 15.6 Å². The minimum atomic E-state index is -0.712. The molecule has 0 aromatic heterocycles. The molecule has 0 aliphatic heterocycles. The Morgan fingerprint density at radius 1 is 1.04 bits per heavy atom. The van der Waals surface area contributed by atoms with Crippen molar-refractivity contribution in [2.45, 2.75) is 76.4 Å². The van der Waals surface area contributed by atoms with Crippen LogP contribution in [0.1, 0.15) is 64.2 Å². The van der Waals surface area contributed by atoms with Gasteiger partial charge < -0.3 is 20.9 Å². The smallest absolute Gasteiger partial charge is 0.303 e. The zero-order valence-electron chi connectivity index (χ0n) is 15.0. The minimum Gasteiger partial charge on any atom is -0.481 e. The number of carboxylic acid groups (broad SMARTS) is 1. The van der Waals surface area contributed by atoms with Crippen LogP contribution >= 0.6 is 12.4 Å². The third kappa shape index (κ3) is 7.92. The molecule has 0 aromatic carbocycles. The van der Waals surface area contributed by atoms with Gasteiger partial charge >= 0.3 is 5.97 Å². The van der Waals surface area contributed by atoms with Gasteiger partial charge in [-0.2, -0.15) is 0 Å². The topological polar surface area (TPSA) is 102 Å². The van der Waals surface area contributed by atoms with E-state index in [9.17, 15) is 9.59 Å². The normalized spacial score (nSPS) is 29.5. The molecule has 7 heteroatoms. The predicted octanol–water partition coefficient (Wildman–Crippen LogP) is 2.48. The Hall–Kier alpha value is -0.850. The van der Waals surface area contributed by atoms with Gasteiger partial charge in [0.1, 0.15) is 0 Å². The summed E-state index contributed by atoms with van der Waals surface area (Å²) in [5, 5.41) is 12.0. The fourth-order valence-electron chi connectivity index (χ4n) is 3.97. The maximum Gasteiger partial charge on any atom is 0.303 e. The fourth-order valence-corrected chi connectivity index (χ4v) is 3.97. The van der Waals surface area contributed by atoms with Crippen molar-refractivity contribution in [3.63, 3.8) is 0 Å². The molecule has 0 radical (unpaired) electrons. The summed E-state index contributed by atoms with van der Waals surface area (Å²) in [4.78, 5) is 23.1. The van der Waals surface area contributed by atoms with Gasteiger partial charge in [0.15, 0.2) is 0 Å². The number of ether oxygens (including phenoxy) is 1. The van der Waals surface area contributed by atoms with Gasteiger partial charge in [-0.15, -0.1) is 12.4 Å². The second-order valence-electron chi connectivity index (χ2n) is 7.29. The summed E-state index contributed by atoms with van der Waals surface area (Å²) in [6.07, 6.45) is 8.98. The zero-order chi connectivity index (χ0) is 17.4. The van der Waals surface area contributed by atoms with E-state index in [0.717, 1.165) is 57.8 Å². The zero-order valence-corrected chi connectivity index (χ0v) is 15.8. The summed E-state index contributed by atoms with van der Waals surface area (Å²) in [5.74, 6) is 0.106. The molecule has 146 valence electrons. The van der Waals surface area contributed by atoms with Crippen molar-refractivity contribution in [1.29, 1.82) is 0 Å². The molecule has 2 aliphatic rings. The number of carbonyl (C=O) groups is 2. The summed E-state index contributed by atoms with van der Waals surface area (Å²) < 4.78 is 5.66. The minimum absolute atomic E-state index is 0. The van der Waals surface area contributed by atoms with Crippen LogP contribution in [0.4, 0.5) is 0 Å². The average Bonchev–Trinajstić information content (AvgIpc) is 2.59. The molecule has 0 aromatic rings. The predicted molar refractivity (Wildman–Crippen MR) is 98.8 cm³/mol. The molecule has 2 fully saturated rings. The molecule has 4 N–H and O–H groups in total. The molecule has 0 heterocycles. The Balaban J connectivity index is 0.00000312. The van der Waals surface area contributed by atoms with Gasteiger partial charge in [0.05, 0.1) is 12.7 Å². The lowest BCUT2D eigenvalue weighted by Gasteiger charge is -2.32. The molecular weight excluding hydrogens is 344 g/mol. The van der Waals surface area contributed by atoms with Crippen LogP contribution in [0.2, 0.25) is 0 Å². The largest absolute Gasteiger partial charge is 0.481 e. The number of halogens is 1. The first-order chi connectivity index (χ1) is 11.6. The van der Waals surface area contributed by atoms with Crippen molar-refractivity contribution in [1.82, 2.24) is 5.32 Å². The van der Waals surface area contributed by atoms with Gasteiger partial charge in [0, 0.05) is 24.9 Å². The lowest BCUT2D eigenvalue weighted by molar-refractivity contribution is -0.137. The van der Waals surface area contributed by atoms with E-state index in [1.54, 1.807) is 0 Å². The maximum atomic E-state index is 12.4. The van der Waals surface area contributed by atoms with E-state index in [2.05, 4.69) is 5.32 Å². The molecule has 0 saturated heterocycles. The number of hydrogen-bond donors (Lipinski definition) is 3. The third-order valence-corrected chi connectivity index (χ3v) is 5.48. The highest BCUT2D eigenvalue weighted by Crippen LogP contribution is 2.30. The summed E-state index contributed by atoms with van der Waals surface area (Å²) in [6, 6.07) is 0.268. The first kappa shape index (κ1) is 22.2. The maximum absolute atomic E-state index is 12.4. The molecular formula is C18H33ClN2O4. The molecule has 6 nitrogen and oxygen atoms in total. The van der Waals surface area contributed by atoms with Crippen LogP contribution in [0.3, 0.4) is 0 Å². The molecule has 25 heavy (non-hydrogen) atoms. The number of rotatable bonds is 8. The van der Waals surface area contributed by atoms with Gasteiger partial charge in [-0.05, 0) is 63.7 Å². The van der Waals surface area contributed by atoms with E-state index in [0.29, 0.717) is 19.1 Å². The molecule has 0 bridgehead atoms. The standard InChI is InChI=1S/C18H32N2O4.ClH/c19-11-12-24-16-8-4-14(5-9-16)18(23)20-15-6-1-13(2-7-15)3-10-17(21)22;/h13-16H,1-12,19H2,(H,20,23)(H,21,22);1H/t13-,14?,15-,16?;. The van der Waals surface area contributed by atoms with Gasteiger partial charge in [-0.3, -0.25) is 9.59 Å². The second-order valence-corrected chi connectivity index (χ2v) is 7.29. The molecule has 2 aliphatic carbocycles. The first-order valence-electron chi connectivity index (χ1n) is 9.42. The summed E-state index contributed by atoms with van der Waals surface area (Å²) >= 11 is 0. The Bertz CT molecular complexity index is 406. The van der Waals surface area contributed by atoms with Crippen molar-refractivity contribution >= 4 is 24.3 Å². The Morgan fingerprint density at radius 2 is 1.68 bits per heavy atom. The van der Waals surface area contributed by atoms with Gasteiger partial charge in [0.25, 0.3) is 0 Å². The van der Waals surface area contributed by atoms with E-state index >= 15 is 0 Å². The van der Waals surface area contributed by atoms with Gasteiger partial charge in [-0.25, -0.2) is 0 Å². The fraction of sp³-hybridized carbons (Fsp3) is 0.889. The van der Waals surface area contributed by atoms with Crippen LogP contribution in [-0.2, 0) is 14.3 Å². The van der Waals surface area contributed by atoms with Gasteiger partial charge in [0.2, 0.25) is 5.91 Å². The highest BCUT2D eigenvalue weighted by Gasteiger charge is 2.29. The van der Waals surface area contributed by atoms with Crippen molar-refractivity contribution in [2.24, 2.45) is 17.6 Å². The third-order valence-electron chi connectivity index (χ3n) is 5.48. The van der Waals surface area contributed by atoms with E-state index in [1.807, 2.05) is 0 Å². The Morgan fingerprint density at radius 3 is 2.24 bits per heavy atom. The first-order valence-corrected chi connectivity index (χ1v) is 9.42. The number of nitrogens with one attached hydrogen (secondary N) is 1. The second kappa shape index (κ2) is 11.7. The van der Waals surface area contributed by atoms with Gasteiger partial charge in [-0.1, -0.05) is 0 Å². The number of amides is 1. The van der Waals surface area contributed by atoms with Crippen LogP contribution in [0.25, 0.3) is 0 Å². The van der Waals surface area contributed by atoms with Crippen molar-refractivity contribution < 1.29 is 19.4 Å². The van der Waals surface area contributed by atoms with Crippen LogP contribution in [0.5, 0.6) is 0 Å². The summed E-state index contributed by atoms with van der Waals surface area (Å²) in [7, 11) is 0. The summed E-state index contributed by atoms with van der Waals surface area (Å²) in [5.41, 5.74) is 5.45.